The maximum absolute atomic E-state index is 12.5. The standard InChI is InChI=1S/C21H25N5O2S.C20H23N5O6S2/c1-14(2)13-28-18-10-15(3)7-8-17(18)25-20(27)26-21-24-12-16(29-21)11-23-19-6-4-5-9-22-19;1-11(2)9-31-16-6-12(3)4-5-14(16)23-18(28)25-19-21-7-13(32-19)10-33(29,30)20-22-8-15(24-20)17(26)27/h4-10,12,14H,11,13H2,1-3H3,(H,22,23)(H2,24,25,26,27);4-8,11H,9-10H2,1-3H3,(H,22,24)(H,26,27)(H2,21,23,25,28). The topological polar surface area (TPSA) is 252 Å². The molecule has 0 radical (unpaired) electrons. The number of H-pyrrole nitrogens is 1. The van der Waals surface area contributed by atoms with E-state index in [0.29, 0.717) is 64.5 Å². The van der Waals surface area contributed by atoms with Crippen LogP contribution in [0.3, 0.4) is 0 Å². The SMILES string of the molecule is Cc1ccc(NC(=O)Nc2ncc(CNc3ccccn3)s2)c(OCC(C)C)c1.Cc1ccc(NC(=O)Nc2ncc(CS(=O)(=O)c3ncc(C(=O)O)[nH]3)s2)c(OCC(C)C)c1. The highest BCUT2D eigenvalue weighted by atomic mass is 32.2. The molecule has 18 nitrogen and oxygen atoms in total. The van der Waals surface area contributed by atoms with Gasteiger partial charge < -0.3 is 35.5 Å². The Morgan fingerprint density at radius 2 is 1.27 bits per heavy atom. The molecule has 4 heterocycles. The highest BCUT2D eigenvalue weighted by Gasteiger charge is 2.23. The molecule has 328 valence electrons. The lowest BCUT2D eigenvalue weighted by Gasteiger charge is -2.14. The molecule has 0 saturated heterocycles. The number of aryl methyl sites for hydroxylation is 2. The number of nitrogens with one attached hydrogen (secondary N) is 6. The lowest BCUT2D eigenvalue weighted by atomic mass is 10.2. The fourth-order valence-corrected chi connectivity index (χ4v) is 8.18. The highest BCUT2D eigenvalue weighted by molar-refractivity contribution is 7.90. The highest BCUT2D eigenvalue weighted by Crippen LogP contribution is 2.29. The summed E-state index contributed by atoms with van der Waals surface area (Å²) in [6, 6.07) is 15.9. The number of hydrogen-bond acceptors (Lipinski definition) is 14. The minimum absolute atomic E-state index is 0.195. The molecule has 4 amide bonds. The summed E-state index contributed by atoms with van der Waals surface area (Å²) in [7, 11) is -3.92. The number of urea groups is 2. The molecule has 0 bridgehead atoms. The molecule has 4 aromatic heterocycles. The molecular weight excluding hydrogens is 857 g/mol. The van der Waals surface area contributed by atoms with Gasteiger partial charge in [0.1, 0.15) is 23.0 Å². The van der Waals surface area contributed by atoms with E-state index in [9.17, 15) is 22.8 Å². The van der Waals surface area contributed by atoms with Crippen molar-refractivity contribution in [3.63, 3.8) is 0 Å². The average Bonchev–Trinajstić information content (AvgIpc) is 4.00. The third-order valence-electron chi connectivity index (χ3n) is 7.98. The number of carbonyl (C=O) groups is 3. The number of aromatic nitrogens is 5. The van der Waals surface area contributed by atoms with Crippen molar-refractivity contribution in [1.29, 1.82) is 0 Å². The zero-order valence-electron chi connectivity index (χ0n) is 34.8. The lowest BCUT2D eigenvalue weighted by molar-refractivity contribution is 0.0690. The zero-order chi connectivity index (χ0) is 44.8. The van der Waals surface area contributed by atoms with Gasteiger partial charge in [-0.1, -0.05) is 57.2 Å². The van der Waals surface area contributed by atoms with Gasteiger partial charge in [-0.05, 0) is 73.2 Å². The van der Waals surface area contributed by atoms with Crippen LogP contribution < -0.4 is 36.1 Å². The van der Waals surface area contributed by atoms with Crippen LogP contribution in [0.5, 0.6) is 11.5 Å². The van der Waals surface area contributed by atoms with Crippen molar-refractivity contribution in [2.24, 2.45) is 11.8 Å². The molecule has 0 unspecified atom stereocenters. The predicted molar refractivity (Wildman–Crippen MR) is 241 cm³/mol. The van der Waals surface area contributed by atoms with Gasteiger partial charge in [0.15, 0.2) is 10.3 Å². The largest absolute Gasteiger partial charge is 0.491 e. The number of thiazole rings is 2. The second-order valence-electron chi connectivity index (χ2n) is 14.6. The first-order valence-electron chi connectivity index (χ1n) is 19.2. The number of carbonyl (C=O) groups excluding carboxylic acids is 2. The van der Waals surface area contributed by atoms with Crippen molar-refractivity contribution in [2.75, 3.05) is 39.8 Å². The summed E-state index contributed by atoms with van der Waals surface area (Å²) in [6.07, 6.45) is 5.72. The number of rotatable bonds is 17. The van der Waals surface area contributed by atoms with Gasteiger partial charge in [0.2, 0.25) is 15.0 Å². The van der Waals surface area contributed by atoms with Gasteiger partial charge >= 0.3 is 18.0 Å². The average molecular weight is 905 g/mol. The quantitative estimate of drug-likeness (QED) is 0.0453. The van der Waals surface area contributed by atoms with Crippen LogP contribution in [0.4, 0.5) is 37.0 Å². The van der Waals surface area contributed by atoms with E-state index in [-0.39, 0.29) is 16.9 Å². The molecule has 0 spiro atoms. The maximum Gasteiger partial charge on any atom is 0.353 e. The summed E-state index contributed by atoms with van der Waals surface area (Å²) in [6.45, 7) is 13.8. The van der Waals surface area contributed by atoms with E-state index in [4.69, 9.17) is 14.6 Å². The number of carboxylic acids is 1. The smallest absolute Gasteiger partial charge is 0.353 e. The Hall–Kier alpha value is -6.58. The van der Waals surface area contributed by atoms with E-state index in [1.165, 1.54) is 17.5 Å². The Labute approximate surface area is 366 Å². The number of anilines is 5. The van der Waals surface area contributed by atoms with Crippen molar-refractivity contribution in [3.8, 4) is 11.5 Å². The second-order valence-corrected chi connectivity index (χ2v) is 18.7. The number of ether oxygens (including phenoxy) is 2. The van der Waals surface area contributed by atoms with Gasteiger partial charge in [-0.15, -0.1) is 11.3 Å². The van der Waals surface area contributed by atoms with Crippen LogP contribution in [0.1, 0.15) is 59.1 Å². The van der Waals surface area contributed by atoms with Crippen LogP contribution in [0, 0.1) is 25.7 Å². The minimum Gasteiger partial charge on any atom is -0.491 e. The molecule has 0 aliphatic rings. The summed E-state index contributed by atoms with van der Waals surface area (Å²) < 4.78 is 36.5. The molecular formula is C41H48N10O8S3. The Bertz CT molecular complexity index is 2560. The molecule has 0 fully saturated rings. The Balaban J connectivity index is 0.000000236. The summed E-state index contributed by atoms with van der Waals surface area (Å²) in [5, 5.41) is 23.3. The summed E-state index contributed by atoms with van der Waals surface area (Å²) in [5.74, 6) is 0.940. The molecule has 6 aromatic rings. The first-order valence-corrected chi connectivity index (χ1v) is 22.5. The van der Waals surface area contributed by atoms with Gasteiger partial charge in [0, 0.05) is 28.3 Å². The molecule has 62 heavy (non-hydrogen) atoms. The molecule has 0 saturated carbocycles. The number of carboxylic acid groups (broad SMARTS) is 1. The number of imidazole rings is 1. The van der Waals surface area contributed by atoms with Crippen LogP contribution in [-0.4, -0.2) is 69.7 Å². The molecule has 0 atom stereocenters. The van der Waals surface area contributed by atoms with Gasteiger partial charge in [0.05, 0.1) is 43.1 Å². The normalized spacial score (nSPS) is 11.0. The fraction of sp³-hybridized carbons (Fsp3) is 0.293. The van der Waals surface area contributed by atoms with E-state index in [1.54, 1.807) is 18.5 Å². The number of sulfone groups is 1. The summed E-state index contributed by atoms with van der Waals surface area (Å²) >= 11 is 2.38. The van der Waals surface area contributed by atoms with Gasteiger partial charge in [-0.25, -0.2) is 42.7 Å². The molecule has 0 aliphatic carbocycles. The molecule has 6 rings (SSSR count). The number of nitrogens with zero attached hydrogens (tertiary/aromatic N) is 4. The van der Waals surface area contributed by atoms with Crippen LogP contribution in [0.25, 0.3) is 0 Å². The number of benzene rings is 2. The van der Waals surface area contributed by atoms with Crippen LogP contribution in [0.2, 0.25) is 0 Å². The first-order chi connectivity index (χ1) is 29.5. The Morgan fingerprint density at radius 1 is 0.726 bits per heavy atom. The van der Waals surface area contributed by atoms with Crippen LogP contribution >= 0.6 is 22.7 Å². The van der Waals surface area contributed by atoms with Crippen molar-refractivity contribution in [2.45, 2.75) is 59.0 Å². The molecule has 7 N–H and O–H groups in total. The van der Waals surface area contributed by atoms with Crippen LogP contribution in [0.15, 0.2) is 84.5 Å². The molecule has 2 aromatic carbocycles. The third-order valence-corrected chi connectivity index (χ3v) is 11.5. The van der Waals surface area contributed by atoms with Gasteiger partial charge in [-0.2, -0.15) is 0 Å². The number of hydrogen-bond donors (Lipinski definition) is 7. The summed E-state index contributed by atoms with van der Waals surface area (Å²) in [4.78, 5) is 55.5. The van der Waals surface area contributed by atoms with Gasteiger partial charge in [-0.3, -0.25) is 10.6 Å². The maximum atomic E-state index is 12.5. The predicted octanol–water partition coefficient (Wildman–Crippen LogP) is 8.66. The van der Waals surface area contributed by atoms with Crippen molar-refractivity contribution in [3.05, 3.63) is 106 Å². The van der Waals surface area contributed by atoms with E-state index in [0.717, 1.165) is 39.4 Å². The van der Waals surface area contributed by atoms with Crippen molar-refractivity contribution < 1.29 is 37.4 Å². The molecule has 21 heteroatoms. The van der Waals surface area contributed by atoms with Crippen LogP contribution in [-0.2, 0) is 22.1 Å². The minimum atomic E-state index is -3.92. The van der Waals surface area contributed by atoms with E-state index in [2.05, 4.69) is 65.4 Å². The Morgan fingerprint density at radius 3 is 1.77 bits per heavy atom. The second kappa shape index (κ2) is 21.8. The zero-order valence-corrected chi connectivity index (χ0v) is 37.3. The van der Waals surface area contributed by atoms with E-state index in [1.807, 2.05) is 76.2 Å². The van der Waals surface area contributed by atoms with Gasteiger partial charge in [0.25, 0.3) is 0 Å². The monoisotopic (exact) mass is 904 g/mol. The first kappa shape index (κ1) is 46.5. The number of aromatic amines is 1. The third kappa shape index (κ3) is 14.6. The van der Waals surface area contributed by atoms with E-state index < -0.39 is 32.7 Å². The Kier molecular flexibility index (Phi) is 16.3. The lowest BCUT2D eigenvalue weighted by Crippen LogP contribution is -2.20. The van der Waals surface area contributed by atoms with Crippen molar-refractivity contribution in [1.82, 2.24) is 24.9 Å². The molecule has 0 aliphatic heterocycles. The van der Waals surface area contributed by atoms with Crippen molar-refractivity contribution >= 4 is 78.0 Å². The summed E-state index contributed by atoms with van der Waals surface area (Å²) in [5.41, 5.74) is 2.84. The van der Waals surface area contributed by atoms with E-state index >= 15 is 0 Å². The number of aromatic carboxylic acids is 1. The number of amides is 4. The number of pyridine rings is 1. The fourth-order valence-electron chi connectivity index (χ4n) is 5.07.